The fraction of sp³-hybridized carbons (Fsp3) is 0.118. The summed E-state index contributed by atoms with van der Waals surface area (Å²) in [5.41, 5.74) is 3.17. The van der Waals surface area contributed by atoms with Gasteiger partial charge in [-0.15, -0.1) is 0 Å². The number of rotatable bonds is 4. The van der Waals surface area contributed by atoms with Gasteiger partial charge >= 0.3 is 0 Å². The summed E-state index contributed by atoms with van der Waals surface area (Å²) in [4.78, 5) is 5.09. The van der Waals surface area contributed by atoms with Crippen LogP contribution in [0.15, 0.2) is 72.0 Å². The highest BCUT2D eigenvalue weighted by Gasteiger charge is 2.18. The predicted octanol–water partition coefficient (Wildman–Crippen LogP) is -1.21. The second-order valence-electron chi connectivity index (χ2n) is 4.84. The van der Waals surface area contributed by atoms with Crippen LogP contribution in [-0.4, -0.2) is 18.0 Å². The number of aliphatic hydroxyl groups excluding tert-OH is 1. The van der Waals surface area contributed by atoms with Gasteiger partial charge in [0.1, 0.15) is 18.8 Å². The molecule has 0 radical (unpaired) electrons. The van der Waals surface area contributed by atoms with Gasteiger partial charge in [0.05, 0.1) is 6.20 Å². The largest absolute Gasteiger partial charge is 1.00 e. The molecule has 0 amide bonds. The molecule has 0 fully saturated rings. The highest BCUT2D eigenvalue weighted by atomic mass is 35.5. The predicted molar refractivity (Wildman–Crippen MR) is 80.3 cm³/mol. The smallest absolute Gasteiger partial charge is 0.193 e. The highest BCUT2D eigenvalue weighted by molar-refractivity contribution is 5.67. The van der Waals surface area contributed by atoms with Crippen molar-refractivity contribution in [3.8, 4) is 11.1 Å². The number of quaternary nitrogens is 1. The van der Waals surface area contributed by atoms with Crippen molar-refractivity contribution in [2.24, 2.45) is 4.99 Å². The third kappa shape index (κ3) is 3.58. The van der Waals surface area contributed by atoms with Gasteiger partial charge in [-0.3, -0.25) is 4.90 Å². The van der Waals surface area contributed by atoms with Crippen LogP contribution < -0.4 is 17.3 Å². The molecule has 2 aromatic carbocycles. The first kappa shape index (κ1) is 15.4. The Bertz CT molecular complexity index is 628. The lowest BCUT2D eigenvalue weighted by Gasteiger charge is -2.16. The number of aliphatic hydroxyl groups is 1. The van der Waals surface area contributed by atoms with Gasteiger partial charge < -0.3 is 17.5 Å². The summed E-state index contributed by atoms with van der Waals surface area (Å²) in [5, 5.41) is 10.5. The Labute approximate surface area is 130 Å². The van der Waals surface area contributed by atoms with Gasteiger partial charge in [0.2, 0.25) is 0 Å². The third-order valence-electron chi connectivity index (χ3n) is 3.45. The molecule has 2 aromatic rings. The van der Waals surface area contributed by atoms with E-state index in [1.54, 1.807) is 12.5 Å². The van der Waals surface area contributed by atoms with E-state index in [1.165, 1.54) is 0 Å². The summed E-state index contributed by atoms with van der Waals surface area (Å²) in [6.45, 7) is 0.587. The molecule has 0 bridgehead atoms. The van der Waals surface area contributed by atoms with Crippen LogP contribution in [0.3, 0.4) is 0 Å². The third-order valence-corrected chi connectivity index (χ3v) is 3.45. The fourth-order valence-corrected chi connectivity index (χ4v) is 2.44. The van der Waals surface area contributed by atoms with E-state index in [1.807, 2.05) is 42.6 Å². The lowest BCUT2D eigenvalue weighted by molar-refractivity contribution is -0.742. The maximum absolute atomic E-state index is 10.5. The first-order chi connectivity index (χ1) is 9.84. The number of halogens is 1. The maximum atomic E-state index is 10.5. The van der Waals surface area contributed by atoms with Gasteiger partial charge in [-0.25, -0.2) is 4.99 Å². The van der Waals surface area contributed by atoms with Gasteiger partial charge in [-0.05, 0) is 16.7 Å². The number of nitrogens with one attached hydrogen (secondary N) is 1. The Balaban J connectivity index is 0.00000161. The first-order valence-corrected chi connectivity index (χ1v) is 6.72. The van der Waals surface area contributed by atoms with Gasteiger partial charge in [-0.2, -0.15) is 0 Å². The Morgan fingerprint density at radius 3 is 2.43 bits per heavy atom. The molecule has 2 unspecified atom stereocenters. The molecule has 0 aromatic heterocycles. The molecule has 2 atom stereocenters. The van der Waals surface area contributed by atoms with E-state index >= 15 is 0 Å². The Morgan fingerprint density at radius 2 is 1.71 bits per heavy atom. The summed E-state index contributed by atoms with van der Waals surface area (Å²) in [6, 6.07) is 18.2. The van der Waals surface area contributed by atoms with Crippen LogP contribution >= 0.6 is 0 Å². The zero-order valence-corrected chi connectivity index (χ0v) is 12.2. The summed E-state index contributed by atoms with van der Waals surface area (Å²) in [6.07, 6.45) is 4.98. The zero-order valence-electron chi connectivity index (χ0n) is 11.5. The van der Waals surface area contributed by atoms with Crippen molar-refractivity contribution in [2.45, 2.75) is 6.10 Å². The molecule has 108 valence electrons. The Kier molecular flexibility index (Phi) is 5.28. The quantitative estimate of drug-likeness (QED) is 0.730. The molecule has 2 N–H and O–H groups in total. The number of benzene rings is 2. The van der Waals surface area contributed by atoms with Gasteiger partial charge in [0, 0.05) is 0 Å². The minimum Gasteiger partial charge on any atom is -1.00 e. The standard InChI is InChI=1S/C17H16N2O.ClH/c20-17(12-19-11-10-18-13-19)16-9-5-4-8-15(16)14-6-2-1-3-7-14;/h1-11,13,17,20H,12H2;1H. The second-order valence-corrected chi connectivity index (χ2v) is 4.84. The SMILES string of the molecule is OC(C[NH+]1C=CN=C1)c1ccccc1-c1ccccc1.[Cl-]. The minimum atomic E-state index is -0.518. The van der Waals surface area contributed by atoms with Crippen LogP contribution in [0, 0.1) is 0 Å². The Morgan fingerprint density at radius 1 is 1.00 bits per heavy atom. The molecular formula is C17H17ClN2O. The molecule has 4 heteroatoms. The average molecular weight is 301 g/mol. The van der Waals surface area contributed by atoms with Gasteiger partial charge in [0.15, 0.2) is 6.34 Å². The molecule has 0 spiro atoms. The molecule has 0 saturated carbocycles. The number of hydrogen-bond donors (Lipinski definition) is 2. The van der Waals surface area contributed by atoms with Crippen molar-refractivity contribution in [3.63, 3.8) is 0 Å². The molecule has 3 nitrogen and oxygen atoms in total. The number of nitrogens with zero attached hydrogens (tertiary/aromatic N) is 1. The molecule has 1 heterocycles. The van der Waals surface area contributed by atoms with Crippen LogP contribution in [0.5, 0.6) is 0 Å². The number of hydrogen-bond acceptors (Lipinski definition) is 2. The molecule has 1 aliphatic rings. The number of aliphatic imine (C=N–C) groups is 1. The van der Waals surface area contributed by atoms with Crippen molar-refractivity contribution in [1.82, 2.24) is 0 Å². The van der Waals surface area contributed by atoms with Crippen LogP contribution in [-0.2, 0) is 0 Å². The van der Waals surface area contributed by atoms with E-state index in [4.69, 9.17) is 0 Å². The van der Waals surface area contributed by atoms with Crippen LogP contribution in [0.2, 0.25) is 0 Å². The summed E-state index contributed by atoms with van der Waals surface area (Å²) >= 11 is 0. The van der Waals surface area contributed by atoms with E-state index in [9.17, 15) is 5.11 Å². The van der Waals surface area contributed by atoms with Gasteiger partial charge in [-0.1, -0.05) is 54.6 Å². The molecule has 3 rings (SSSR count). The summed E-state index contributed by atoms with van der Waals surface area (Å²) in [7, 11) is 0. The second kappa shape index (κ2) is 7.18. The monoisotopic (exact) mass is 300 g/mol. The van der Waals surface area contributed by atoms with Gasteiger partial charge in [0.25, 0.3) is 0 Å². The first-order valence-electron chi connectivity index (χ1n) is 6.72. The van der Waals surface area contributed by atoms with Crippen LogP contribution in [0.1, 0.15) is 11.7 Å². The summed E-state index contributed by atoms with van der Waals surface area (Å²) < 4.78 is 0. The molecule has 21 heavy (non-hydrogen) atoms. The highest BCUT2D eigenvalue weighted by Crippen LogP contribution is 2.27. The average Bonchev–Trinajstić information content (AvgIpc) is 3.01. The topological polar surface area (TPSA) is 37.0 Å². The van der Waals surface area contributed by atoms with Crippen molar-refractivity contribution >= 4 is 6.34 Å². The van der Waals surface area contributed by atoms with Crippen molar-refractivity contribution < 1.29 is 22.4 Å². The van der Waals surface area contributed by atoms with E-state index in [0.29, 0.717) is 6.54 Å². The molecule has 0 aliphatic carbocycles. The van der Waals surface area contributed by atoms with Crippen LogP contribution in [0.4, 0.5) is 0 Å². The van der Waals surface area contributed by atoms with Crippen molar-refractivity contribution in [3.05, 3.63) is 72.6 Å². The van der Waals surface area contributed by atoms with E-state index in [2.05, 4.69) is 23.2 Å². The zero-order chi connectivity index (χ0) is 13.8. The lowest BCUT2D eigenvalue weighted by atomic mass is 9.96. The molecule has 0 saturated heterocycles. The van der Waals surface area contributed by atoms with Crippen LogP contribution in [0.25, 0.3) is 11.1 Å². The van der Waals surface area contributed by atoms with Crippen molar-refractivity contribution in [1.29, 1.82) is 0 Å². The molecular weight excluding hydrogens is 284 g/mol. The van der Waals surface area contributed by atoms with E-state index < -0.39 is 6.10 Å². The maximum Gasteiger partial charge on any atom is 0.193 e. The van der Waals surface area contributed by atoms with Crippen molar-refractivity contribution in [2.75, 3.05) is 6.54 Å². The normalized spacial score (nSPS) is 17.5. The lowest BCUT2D eigenvalue weighted by Crippen LogP contribution is -3.06. The molecule has 1 aliphatic heterocycles. The van der Waals surface area contributed by atoms with E-state index in [0.717, 1.165) is 21.6 Å². The minimum absolute atomic E-state index is 0. The fourth-order valence-electron chi connectivity index (χ4n) is 2.44. The Hall–Kier alpha value is -1.94. The summed E-state index contributed by atoms with van der Waals surface area (Å²) in [5.74, 6) is 0. The van der Waals surface area contributed by atoms with E-state index in [-0.39, 0.29) is 12.4 Å².